The Labute approximate surface area is 168 Å². The van der Waals surface area contributed by atoms with Gasteiger partial charge in [0.25, 0.3) is 5.69 Å². The molecule has 2 rings (SSSR count). The molecule has 0 spiro atoms. The molecule has 0 saturated carbocycles. The first-order chi connectivity index (χ1) is 13.8. The Morgan fingerprint density at radius 2 is 1.79 bits per heavy atom. The van der Waals surface area contributed by atoms with Gasteiger partial charge in [-0.15, -0.1) is 0 Å². The number of hydrazone groups is 1. The summed E-state index contributed by atoms with van der Waals surface area (Å²) >= 11 is 5.93. The molecule has 0 saturated heterocycles. The average Bonchev–Trinajstić information content (AvgIpc) is 2.68. The number of halogens is 1. The lowest BCUT2D eigenvalue weighted by atomic mass is 10.2. The minimum absolute atomic E-state index is 0.0515. The fourth-order valence-corrected chi connectivity index (χ4v) is 2.18. The molecule has 148 valence electrons. The molecule has 0 aromatic heterocycles. The highest BCUT2D eigenvalue weighted by molar-refractivity contribution is 6.42. The number of carboxylic acid groups (broad SMARTS) is 1. The van der Waals surface area contributed by atoms with E-state index < -0.39 is 22.7 Å². The summed E-state index contributed by atoms with van der Waals surface area (Å²) in [5.41, 5.74) is 2.54. The third-order valence-electron chi connectivity index (χ3n) is 3.34. The number of benzene rings is 2. The predicted molar refractivity (Wildman–Crippen MR) is 106 cm³/mol. The molecule has 3 N–H and O–H groups in total. The number of amides is 2. The van der Waals surface area contributed by atoms with Crippen molar-refractivity contribution in [3.05, 3.63) is 74.8 Å². The van der Waals surface area contributed by atoms with Crippen LogP contribution in [0.1, 0.15) is 15.9 Å². The zero-order valence-corrected chi connectivity index (χ0v) is 15.3. The fourth-order valence-electron chi connectivity index (χ4n) is 2.01. The van der Waals surface area contributed by atoms with E-state index in [1.165, 1.54) is 54.6 Å². The van der Waals surface area contributed by atoms with E-state index in [1.54, 1.807) is 0 Å². The Balaban J connectivity index is 1.92. The number of allylic oxidation sites excluding steroid dienone is 1. The van der Waals surface area contributed by atoms with E-state index >= 15 is 0 Å². The molecule has 0 atom stereocenters. The van der Waals surface area contributed by atoms with Crippen molar-refractivity contribution >= 4 is 53.0 Å². The van der Waals surface area contributed by atoms with Crippen molar-refractivity contribution in [3.63, 3.8) is 0 Å². The lowest BCUT2D eigenvalue weighted by molar-refractivity contribution is -0.384. The van der Waals surface area contributed by atoms with Crippen molar-refractivity contribution in [2.24, 2.45) is 5.10 Å². The SMILES string of the molecule is O=C(N/N=C\C(Cl)=C\c1ccc([N+](=O)[O-])cc1)C(=O)Nc1cccc(C(=O)O)c1. The quantitative estimate of drug-likeness (QED) is 0.285. The number of hydrogen-bond acceptors (Lipinski definition) is 6. The Kier molecular flexibility index (Phi) is 7.15. The maximum atomic E-state index is 11.8. The molecule has 29 heavy (non-hydrogen) atoms. The Morgan fingerprint density at radius 1 is 1.10 bits per heavy atom. The number of carboxylic acids is 1. The maximum Gasteiger partial charge on any atom is 0.335 e. The van der Waals surface area contributed by atoms with E-state index in [0.717, 1.165) is 6.21 Å². The molecule has 0 unspecified atom stereocenters. The maximum absolute atomic E-state index is 11.8. The number of rotatable bonds is 6. The molecule has 0 heterocycles. The summed E-state index contributed by atoms with van der Waals surface area (Å²) in [6.07, 6.45) is 2.51. The number of carbonyl (C=O) groups excluding carboxylic acids is 2. The number of nitrogens with zero attached hydrogens (tertiary/aromatic N) is 2. The second-order valence-electron chi connectivity index (χ2n) is 5.42. The summed E-state index contributed by atoms with van der Waals surface area (Å²) in [5.74, 6) is -3.33. The number of hydrogen-bond donors (Lipinski definition) is 3. The zero-order chi connectivity index (χ0) is 21.4. The first-order valence-electron chi connectivity index (χ1n) is 7.85. The number of nitro benzene ring substituents is 1. The van der Waals surface area contributed by atoms with Gasteiger partial charge in [-0.05, 0) is 42.0 Å². The highest BCUT2D eigenvalue weighted by atomic mass is 35.5. The number of nitrogens with one attached hydrogen (secondary N) is 2. The zero-order valence-electron chi connectivity index (χ0n) is 14.5. The normalized spacial score (nSPS) is 11.1. The van der Waals surface area contributed by atoms with Crippen LogP contribution in [-0.4, -0.2) is 34.0 Å². The third kappa shape index (κ3) is 6.56. The van der Waals surface area contributed by atoms with Crippen LogP contribution < -0.4 is 10.7 Å². The van der Waals surface area contributed by atoms with Crippen LogP contribution in [0.4, 0.5) is 11.4 Å². The van der Waals surface area contributed by atoms with Crippen LogP contribution in [0.5, 0.6) is 0 Å². The number of non-ortho nitro benzene ring substituents is 1. The minimum Gasteiger partial charge on any atom is -0.478 e. The lowest BCUT2D eigenvalue weighted by Crippen LogP contribution is -2.32. The molecular formula is C18H13ClN4O6. The molecule has 2 aromatic carbocycles. The first-order valence-corrected chi connectivity index (χ1v) is 8.23. The largest absolute Gasteiger partial charge is 0.478 e. The standard InChI is InChI=1S/C18H13ClN4O6/c19-13(8-11-4-6-15(7-5-11)23(28)29)10-20-22-17(25)16(24)21-14-3-1-2-12(9-14)18(26)27/h1-10H,(H,21,24)(H,22,25)(H,26,27)/b13-8-,20-10-. The van der Waals surface area contributed by atoms with Crippen LogP contribution in [0, 0.1) is 10.1 Å². The second kappa shape index (κ2) is 9.76. The molecular weight excluding hydrogens is 404 g/mol. The number of aromatic carboxylic acids is 1. The van der Waals surface area contributed by atoms with Crippen LogP contribution in [0.2, 0.25) is 0 Å². The van der Waals surface area contributed by atoms with Gasteiger partial charge in [-0.1, -0.05) is 17.7 Å². The van der Waals surface area contributed by atoms with Crippen molar-refractivity contribution in [3.8, 4) is 0 Å². The van der Waals surface area contributed by atoms with Crippen LogP contribution in [0.15, 0.2) is 58.7 Å². The van der Waals surface area contributed by atoms with Gasteiger partial charge in [0.15, 0.2) is 0 Å². The van der Waals surface area contributed by atoms with Crippen molar-refractivity contribution in [2.45, 2.75) is 0 Å². The molecule has 0 radical (unpaired) electrons. The number of nitro groups is 1. The Bertz CT molecular complexity index is 1020. The monoisotopic (exact) mass is 416 g/mol. The summed E-state index contributed by atoms with van der Waals surface area (Å²) < 4.78 is 0. The molecule has 0 bridgehead atoms. The van der Waals surface area contributed by atoms with Crippen LogP contribution in [0.3, 0.4) is 0 Å². The second-order valence-corrected chi connectivity index (χ2v) is 5.85. The predicted octanol–water partition coefficient (Wildman–Crippen LogP) is 2.61. The van der Waals surface area contributed by atoms with Gasteiger partial charge in [0.2, 0.25) is 0 Å². The van der Waals surface area contributed by atoms with Crippen LogP contribution in [-0.2, 0) is 9.59 Å². The summed E-state index contributed by atoms with van der Waals surface area (Å²) in [7, 11) is 0. The topological polar surface area (TPSA) is 151 Å². The summed E-state index contributed by atoms with van der Waals surface area (Å²) in [6, 6.07) is 10.9. The Hall–Kier alpha value is -4.05. The van der Waals surface area contributed by atoms with Gasteiger partial charge in [0, 0.05) is 17.8 Å². The molecule has 10 nitrogen and oxygen atoms in total. The van der Waals surface area contributed by atoms with Gasteiger partial charge < -0.3 is 10.4 Å². The van der Waals surface area contributed by atoms with Gasteiger partial charge in [-0.2, -0.15) is 5.10 Å². The van der Waals surface area contributed by atoms with Crippen LogP contribution >= 0.6 is 11.6 Å². The molecule has 11 heteroatoms. The third-order valence-corrected chi connectivity index (χ3v) is 3.54. The molecule has 0 aliphatic rings. The van der Waals surface area contributed by atoms with E-state index in [4.69, 9.17) is 16.7 Å². The van der Waals surface area contributed by atoms with Gasteiger partial charge in [0.05, 0.1) is 21.7 Å². The summed E-state index contributed by atoms with van der Waals surface area (Å²) in [4.78, 5) is 44.5. The Morgan fingerprint density at radius 3 is 2.41 bits per heavy atom. The summed E-state index contributed by atoms with van der Waals surface area (Å²) in [6.45, 7) is 0. The average molecular weight is 417 g/mol. The van der Waals surface area contributed by atoms with Crippen molar-refractivity contribution in [1.29, 1.82) is 0 Å². The number of carbonyl (C=O) groups is 3. The van der Waals surface area contributed by atoms with E-state index in [-0.39, 0.29) is 22.0 Å². The van der Waals surface area contributed by atoms with Crippen molar-refractivity contribution in [2.75, 3.05) is 5.32 Å². The smallest absolute Gasteiger partial charge is 0.335 e. The first kappa shape index (κ1) is 21.3. The molecule has 0 fully saturated rings. The molecule has 0 aliphatic carbocycles. The highest BCUT2D eigenvalue weighted by Gasteiger charge is 2.13. The van der Waals surface area contributed by atoms with E-state index in [0.29, 0.717) is 5.56 Å². The highest BCUT2D eigenvalue weighted by Crippen LogP contribution is 2.15. The van der Waals surface area contributed by atoms with Crippen LogP contribution in [0.25, 0.3) is 6.08 Å². The fraction of sp³-hybridized carbons (Fsp3) is 0. The van der Waals surface area contributed by atoms with E-state index in [9.17, 15) is 24.5 Å². The lowest BCUT2D eigenvalue weighted by Gasteiger charge is -2.04. The molecule has 2 amide bonds. The van der Waals surface area contributed by atoms with E-state index in [2.05, 4.69) is 10.4 Å². The van der Waals surface area contributed by atoms with Gasteiger partial charge in [-0.25, -0.2) is 10.2 Å². The van der Waals surface area contributed by atoms with Gasteiger partial charge >= 0.3 is 17.8 Å². The number of anilines is 1. The van der Waals surface area contributed by atoms with Crippen molar-refractivity contribution in [1.82, 2.24) is 5.43 Å². The molecule has 2 aromatic rings. The van der Waals surface area contributed by atoms with Gasteiger partial charge in [0.1, 0.15) is 0 Å². The summed E-state index contributed by atoms with van der Waals surface area (Å²) in [5, 5.41) is 25.4. The van der Waals surface area contributed by atoms with E-state index in [1.807, 2.05) is 5.43 Å². The van der Waals surface area contributed by atoms with Gasteiger partial charge in [-0.3, -0.25) is 19.7 Å². The van der Waals surface area contributed by atoms with Crippen molar-refractivity contribution < 1.29 is 24.4 Å². The minimum atomic E-state index is -1.18. The molecule has 0 aliphatic heterocycles.